The SMILES string of the molecule is Cc1cc(NC(=O)C2CC(=O)N(C)C2c2cnn(C)c2C)c(=O)n(C)c1. The molecule has 138 valence electrons. The van der Waals surface area contributed by atoms with Gasteiger partial charge in [-0.1, -0.05) is 0 Å². The normalized spacial score (nSPS) is 19.9. The molecule has 1 fully saturated rings. The summed E-state index contributed by atoms with van der Waals surface area (Å²) >= 11 is 0. The number of hydrogen-bond donors (Lipinski definition) is 1. The lowest BCUT2D eigenvalue weighted by molar-refractivity contribution is -0.127. The Balaban J connectivity index is 1.94. The van der Waals surface area contributed by atoms with Crippen LogP contribution in [-0.4, -0.2) is 38.1 Å². The summed E-state index contributed by atoms with van der Waals surface area (Å²) in [6.07, 6.45) is 3.50. The lowest BCUT2D eigenvalue weighted by Gasteiger charge is -2.24. The molecule has 1 N–H and O–H groups in total. The van der Waals surface area contributed by atoms with Crippen LogP contribution in [-0.2, 0) is 23.7 Å². The highest BCUT2D eigenvalue weighted by Crippen LogP contribution is 2.38. The Hall–Kier alpha value is -2.90. The topological polar surface area (TPSA) is 89.2 Å². The van der Waals surface area contributed by atoms with Crippen molar-refractivity contribution in [3.05, 3.63) is 45.6 Å². The molecule has 2 unspecified atom stereocenters. The lowest BCUT2D eigenvalue weighted by Crippen LogP contribution is -2.32. The maximum absolute atomic E-state index is 12.9. The summed E-state index contributed by atoms with van der Waals surface area (Å²) in [5.74, 6) is -1.02. The fraction of sp³-hybridized carbons (Fsp3) is 0.444. The van der Waals surface area contributed by atoms with Crippen LogP contribution in [0, 0.1) is 19.8 Å². The molecule has 8 nitrogen and oxygen atoms in total. The van der Waals surface area contributed by atoms with E-state index in [2.05, 4.69) is 10.4 Å². The van der Waals surface area contributed by atoms with Crippen molar-refractivity contribution in [3.63, 3.8) is 0 Å². The summed E-state index contributed by atoms with van der Waals surface area (Å²) in [7, 11) is 5.15. The predicted octanol–water partition coefficient (Wildman–Crippen LogP) is 0.894. The van der Waals surface area contributed by atoms with Gasteiger partial charge in [-0.05, 0) is 25.5 Å². The number of hydrogen-bond acceptors (Lipinski definition) is 4. The van der Waals surface area contributed by atoms with Crippen molar-refractivity contribution in [1.82, 2.24) is 19.2 Å². The Morgan fingerprint density at radius 3 is 2.54 bits per heavy atom. The summed E-state index contributed by atoms with van der Waals surface area (Å²) in [4.78, 5) is 39.0. The molecule has 3 rings (SSSR count). The van der Waals surface area contributed by atoms with E-state index in [0.717, 1.165) is 16.8 Å². The summed E-state index contributed by atoms with van der Waals surface area (Å²) in [6.45, 7) is 3.76. The molecule has 2 aromatic heterocycles. The van der Waals surface area contributed by atoms with Gasteiger partial charge in [0.05, 0.1) is 18.2 Å². The van der Waals surface area contributed by atoms with E-state index >= 15 is 0 Å². The Morgan fingerprint density at radius 2 is 1.92 bits per heavy atom. The number of amides is 2. The number of aromatic nitrogens is 3. The third-order valence-corrected chi connectivity index (χ3v) is 5.09. The Morgan fingerprint density at radius 1 is 1.23 bits per heavy atom. The average molecular weight is 357 g/mol. The van der Waals surface area contributed by atoms with E-state index in [0.29, 0.717) is 0 Å². The van der Waals surface area contributed by atoms with Gasteiger partial charge in [-0.25, -0.2) is 0 Å². The van der Waals surface area contributed by atoms with Crippen LogP contribution >= 0.6 is 0 Å². The van der Waals surface area contributed by atoms with Gasteiger partial charge in [0.25, 0.3) is 5.56 Å². The van der Waals surface area contributed by atoms with Gasteiger partial charge in [0.15, 0.2) is 0 Å². The maximum Gasteiger partial charge on any atom is 0.274 e. The first-order valence-electron chi connectivity index (χ1n) is 8.43. The standard InChI is InChI=1S/C18H23N5O3/c1-10-6-14(18(26)21(3)9-10)20-17(25)12-7-15(24)22(4)16(12)13-8-19-23(5)11(13)2/h6,8-9,12,16H,7H2,1-5H3,(H,20,25). The average Bonchev–Trinajstić information content (AvgIpc) is 3.05. The molecule has 0 radical (unpaired) electrons. The minimum atomic E-state index is -0.583. The second-order valence-corrected chi connectivity index (χ2v) is 6.91. The highest BCUT2D eigenvalue weighted by Gasteiger charge is 2.44. The van der Waals surface area contributed by atoms with Crippen LogP contribution in [0.15, 0.2) is 23.3 Å². The first-order chi connectivity index (χ1) is 12.2. The zero-order valence-electron chi connectivity index (χ0n) is 15.6. The van der Waals surface area contributed by atoms with Crippen LogP contribution < -0.4 is 10.9 Å². The summed E-state index contributed by atoms with van der Waals surface area (Å²) in [5.41, 5.74) is 2.55. The minimum absolute atomic E-state index is 0.101. The molecule has 1 aliphatic heterocycles. The van der Waals surface area contributed by atoms with E-state index in [9.17, 15) is 14.4 Å². The number of aryl methyl sites for hydroxylation is 3. The van der Waals surface area contributed by atoms with Crippen LogP contribution in [0.25, 0.3) is 0 Å². The van der Waals surface area contributed by atoms with Crippen LogP contribution in [0.3, 0.4) is 0 Å². The highest BCUT2D eigenvalue weighted by molar-refractivity contribution is 5.97. The van der Waals surface area contributed by atoms with Crippen LogP contribution in [0.1, 0.15) is 29.3 Å². The molecular formula is C18H23N5O3. The lowest BCUT2D eigenvalue weighted by atomic mass is 9.93. The van der Waals surface area contributed by atoms with Crippen molar-refractivity contribution in [2.45, 2.75) is 26.3 Å². The van der Waals surface area contributed by atoms with Gasteiger partial charge < -0.3 is 14.8 Å². The number of pyridine rings is 1. The third kappa shape index (κ3) is 2.91. The Labute approximate surface area is 151 Å². The van der Waals surface area contributed by atoms with Crippen molar-refractivity contribution in [1.29, 1.82) is 0 Å². The number of anilines is 1. The van der Waals surface area contributed by atoms with E-state index in [4.69, 9.17) is 0 Å². The molecule has 8 heteroatoms. The van der Waals surface area contributed by atoms with E-state index in [1.807, 2.05) is 20.9 Å². The third-order valence-electron chi connectivity index (χ3n) is 5.09. The molecule has 26 heavy (non-hydrogen) atoms. The van der Waals surface area contributed by atoms with Crippen molar-refractivity contribution >= 4 is 17.5 Å². The van der Waals surface area contributed by atoms with Crippen molar-refractivity contribution in [3.8, 4) is 0 Å². The van der Waals surface area contributed by atoms with Gasteiger partial charge in [0, 0.05) is 45.0 Å². The van der Waals surface area contributed by atoms with Crippen LogP contribution in [0.2, 0.25) is 0 Å². The van der Waals surface area contributed by atoms with E-state index in [1.165, 1.54) is 4.57 Å². The molecule has 3 heterocycles. The van der Waals surface area contributed by atoms with E-state index < -0.39 is 12.0 Å². The maximum atomic E-state index is 12.9. The molecule has 1 saturated heterocycles. The predicted molar refractivity (Wildman–Crippen MR) is 96.6 cm³/mol. The van der Waals surface area contributed by atoms with Crippen molar-refractivity contribution < 1.29 is 9.59 Å². The Kier molecular flexibility index (Phi) is 4.43. The highest BCUT2D eigenvalue weighted by atomic mass is 16.2. The summed E-state index contributed by atoms with van der Waals surface area (Å²) < 4.78 is 3.15. The molecule has 0 spiro atoms. The number of rotatable bonds is 3. The fourth-order valence-electron chi connectivity index (χ4n) is 3.53. The minimum Gasteiger partial charge on any atom is -0.338 e. The molecule has 2 amide bonds. The quantitative estimate of drug-likeness (QED) is 0.884. The number of carbonyl (C=O) groups is 2. The Bertz CT molecular complexity index is 943. The first-order valence-corrected chi connectivity index (χ1v) is 8.43. The molecule has 1 aliphatic rings. The molecule has 0 saturated carbocycles. The second-order valence-electron chi connectivity index (χ2n) is 6.91. The van der Waals surface area contributed by atoms with Crippen LogP contribution in [0.5, 0.6) is 0 Å². The molecule has 0 aromatic carbocycles. The van der Waals surface area contributed by atoms with E-state index in [1.54, 1.807) is 42.1 Å². The van der Waals surface area contributed by atoms with Gasteiger partial charge in [-0.2, -0.15) is 5.10 Å². The monoisotopic (exact) mass is 357 g/mol. The smallest absolute Gasteiger partial charge is 0.274 e. The number of nitrogens with one attached hydrogen (secondary N) is 1. The van der Waals surface area contributed by atoms with Gasteiger partial charge in [0.1, 0.15) is 5.69 Å². The first kappa shape index (κ1) is 17.9. The van der Waals surface area contributed by atoms with Crippen LogP contribution in [0.4, 0.5) is 5.69 Å². The van der Waals surface area contributed by atoms with Gasteiger partial charge in [-0.3, -0.25) is 19.1 Å². The number of likely N-dealkylation sites (tertiary alicyclic amines) is 1. The van der Waals surface area contributed by atoms with Gasteiger partial charge in [0.2, 0.25) is 11.8 Å². The molecule has 2 atom stereocenters. The molecule has 0 bridgehead atoms. The van der Waals surface area contributed by atoms with Crippen molar-refractivity contribution in [2.24, 2.45) is 20.0 Å². The second kappa shape index (κ2) is 6.44. The number of carbonyl (C=O) groups excluding carboxylic acids is 2. The largest absolute Gasteiger partial charge is 0.338 e. The molecular weight excluding hydrogens is 334 g/mol. The van der Waals surface area contributed by atoms with Gasteiger partial charge in [-0.15, -0.1) is 0 Å². The molecule has 0 aliphatic carbocycles. The van der Waals surface area contributed by atoms with E-state index in [-0.39, 0.29) is 29.5 Å². The zero-order valence-corrected chi connectivity index (χ0v) is 15.6. The van der Waals surface area contributed by atoms with Gasteiger partial charge >= 0.3 is 0 Å². The van der Waals surface area contributed by atoms with Crippen molar-refractivity contribution in [2.75, 3.05) is 12.4 Å². The summed E-state index contributed by atoms with van der Waals surface area (Å²) in [6, 6.07) is 1.25. The zero-order chi connectivity index (χ0) is 19.2. The number of nitrogens with zero attached hydrogens (tertiary/aromatic N) is 4. The summed E-state index contributed by atoms with van der Waals surface area (Å²) in [5, 5.41) is 6.95. The fourth-order valence-corrected chi connectivity index (χ4v) is 3.53. The molecule has 2 aromatic rings.